The number of aryl methyl sites for hydroxylation is 2. The highest BCUT2D eigenvalue weighted by Crippen LogP contribution is 2.25. The topological polar surface area (TPSA) is 105 Å². The van der Waals surface area contributed by atoms with Crippen LogP contribution in [0, 0.1) is 13.8 Å². The predicted octanol–water partition coefficient (Wildman–Crippen LogP) is 3.41. The van der Waals surface area contributed by atoms with Gasteiger partial charge in [0.25, 0.3) is 0 Å². The zero-order valence-electron chi connectivity index (χ0n) is 16.5. The molecule has 4 rings (SSSR count). The van der Waals surface area contributed by atoms with Crippen LogP contribution in [0.25, 0.3) is 16.9 Å². The van der Waals surface area contributed by atoms with E-state index in [1.165, 1.54) is 0 Å². The summed E-state index contributed by atoms with van der Waals surface area (Å²) in [5.74, 6) is 1.37. The molecule has 3 heterocycles. The number of aromatic nitrogens is 5. The predicted molar refractivity (Wildman–Crippen MR) is 113 cm³/mol. The van der Waals surface area contributed by atoms with Crippen molar-refractivity contribution < 1.29 is 8.42 Å². The minimum Gasteiger partial charge on any atom is -0.308 e. The Labute approximate surface area is 169 Å². The molecule has 0 unspecified atom stereocenters. The molecule has 0 aliphatic rings. The van der Waals surface area contributed by atoms with E-state index in [1.54, 1.807) is 6.92 Å². The molecule has 0 bridgehead atoms. The molecular weight excluding hydrogens is 388 g/mol. The Kier molecular flexibility index (Phi) is 4.83. The van der Waals surface area contributed by atoms with Crippen LogP contribution in [0.5, 0.6) is 0 Å². The summed E-state index contributed by atoms with van der Waals surface area (Å²) in [6, 6.07) is 11.2. The number of sulfone groups is 1. The van der Waals surface area contributed by atoms with E-state index in [2.05, 4.69) is 20.5 Å². The van der Waals surface area contributed by atoms with E-state index in [1.807, 2.05) is 60.8 Å². The summed E-state index contributed by atoms with van der Waals surface area (Å²) >= 11 is 0. The van der Waals surface area contributed by atoms with E-state index in [-0.39, 0.29) is 11.5 Å². The number of hydrogen-bond acceptors (Lipinski definition) is 6. The van der Waals surface area contributed by atoms with Gasteiger partial charge in [0, 0.05) is 35.3 Å². The Morgan fingerprint density at radius 1 is 1.14 bits per heavy atom. The second-order valence-corrected chi connectivity index (χ2v) is 9.37. The standard InChI is InChI=1S/C20H22N6O2S/c1-4-29(27,28)12-15-6-5-7-16(9-15)17-10-19-21-14(3)11-26(19)20(22-17)23-18-8-13(2)24-25-18/h5-11H,4,12H2,1-3H3,(H2,22,23,24,25). The van der Waals surface area contributed by atoms with Gasteiger partial charge in [-0.15, -0.1) is 0 Å². The Morgan fingerprint density at radius 3 is 2.69 bits per heavy atom. The molecule has 0 aliphatic carbocycles. The van der Waals surface area contributed by atoms with Gasteiger partial charge in [-0.2, -0.15) is 5.10 Å². The Bertz CT molecular complexity index is 1290. The number of rotatable bonds is 6. The molecule has 4 aromatic rings. The number of aromatic amines is 1. The summed E-state index contributed by atoms with van der Waals surface area (Å²) in [5.41, 5.74) is 4.82. The number of nitrogens with one attached hydrogen (secondary N) is 2. The Balaban J connectivity index is 1.78. The average molecular weight is 411 g/mol. The molecule has 1 aromatic carbocycles. The van der Waals surface area contributed by atoms with Gasteiger partial charge in [0.05, 0.1) is 17.1 Å². The van der Waals surface area contributed by atoms with Crippen LogP contribution in [0.15, 0.2) is 42.6 Å². The quantitative estimate of drug-likeness (QED) is 0.505. The second-order valence-electron chi connectivity index (χ2n) is 7.01. The highest BCUT2D eigenvalue weighted by atomic mass is 32.2. The van der Waals surface area contributed by atoms with Crippen molar-refractivity contribution in [3.63, 3.8) is 0 Å². The third kappa shape index (κ3) is 4.14. The number of H-pyrrole nitrogens is 1. The maximum Gasteiger partial charge on any atom is 0.215 e. The third-order valence-corrected chi connectivity index (χ3v) is 6.22. The highest BCUT2D eigenvalue weighted by molar-refractivity contribution is 7.90. The lowest BCUT2D eigenvalue weighted by molar-refractivity contribution is 0.596. The van der Waals surface area contributed by atoms with E-state index < -0.39 is 9.84 Å². The molecular formula is C20H22N6O2S. The maximum absolute atomic E-state index is 12.0. The molecule has 0 amide bonds. The average Bonchev–Trinajstić information content (AvgIpc) is 3.26. The number of fused-ring (bicyclic) bond motifs is 1. The maximum atomic E-state index is 12.0. The summed E-state index contributed by atoms with van der Waals surface area (Å²) in [7, 11) is -3.11. The smallest absolute Gasteiger partial charge is 0.215 e. The third-order valence-electron chi connectivity index (χ3n) is 4.57. The molecule has 2 N–H and O–H groups in total. The molecule has 150 valence electrons. The largest absolute Gasteiger partial charge is 0.308 e. The fourth-order valence-electron chi connectivity index (χ4n) is 3.12. The number of hydrogen-bond donors (Lipinski definition) is 2. The summed E-state index contributed by atoms with van der Waals surface area (Å²) < 4.78 is 25.9. The first-order valence-electron chi connectivity index (χ1n) is 9.28. The molecule has 9 heteroatoms. The van der Waals surface area contributed by atoms with Crippen LogP contribution in [0.1, 0.15) is 23.9 Å². The lowest BCUT2D eigenvalue weighted by atomic mass is 10.1. The molecule has 0 spiro atoms. The van der Waals surface area contributed by atoms with Crippen LogP contribution in [0.3, 0.4) is 0 Å². The van der Waals surface area contributed by atoms with Gasteiger partial charge in [-0.25, -0.2) is 18.4 Å². The SMILES string of the molecule is CCS(=O)(=O)Cc1cccc(-c2cc3nc(C)cn3c(Nc3cc(C)[nH]n3)n2)c1. The molecule has 0 aliphatic heterocycles. The van der Waals surface area contributed by atoms with Crippen LogP contribution in [0.2, 0.25) is 0 Å². The second kappa shape index (κ2) is 7.32. The molecule has 8 nitrogen and oxygen atoms in total. The van der Waals surface area contributed by atoms with Crippen LogP contribution in [-0.4, -0.2) is 38.7 Å². The zero-order chi connectivity index (χ0) is 20.6. The molecule has 0 saturated heterocycles. The fourth-order valence-corrected chi connectivity index (χ4v) is 4.01. The van der Waals surface area contributed by atoms with Crippen LogP contribution >= 0.6 is 0 Å². The molecule has 0 atom stereocenters. The molecule has 0 radical (unpaired) electrons. The van der Waals surface area contributed by atoms with Crippen LogP contribution in [0.4, 0.5) is 11.8 Å². The fraction of sp³-hybridized carbons (Fsp3) is 0.250. The summed E-state index contributed by atoms with van der Waals surface area (Å²) in [6.07, 6.45) is 1.90. The normalized spacial score (nSPS) is 11.8. The van der Waals surface area contributed by atoms with Crippen molar-refractivity contribution in [2.45, 2.75) is 26.5 Å². The minimum absolute atomic E-state index is 0.0136. The van der Waals surface area contributed by atoms with E-state index in [9.17, 15) is 8.42 Å². The first-order valence-corrected chi connectivity index (χ1v) is 11.1. The van der Waals surface area contributed by atoms with Gasteiger partial charge in [0.2, 0.25) is 5.95 Å². The summed E-state index contributed by atoms with van der Waals surface area (Å²) in [4.78, 5) is 9.32. The van der Waals surface area contributed by atoms with E-state index in [0.717, 1.165) is 28.2 Å². The Hall–Kier alpha value is -3.20. The first-order chi connectivity index (χ1) is 13.8. The van der Waals surface area contributed by atoms with Crippen molar-refractivity contribution in [1.82, 2.24) is 24.6 Å². The molecule has 0 saturated carbocycles. The minimum atomic E-state index is -3.11. The molecule has 0 fully saturated rings. The van der Waals surface area contributed by atoms with Gasteiger partial charge < -0.3 is 5.32 Å². The summed E-state index contributed by atoms with van der Waals surface area (Å²) in [5, 5.41) is 10.3. The van der Waals surface area contributed by atoms with Crippen molar-refractivity contribution in [3.05, 3.63) is 59.5 Å². The highest BCUT2D eigenvalue weighted by Gasteiger charge is 2.13. The monoisotopic (exact) mass is 410 g/mol. The summed E-state index contributed by atoms with van der Waals surface area (Å²) in [6.45, 7) is 5.50. The van der Waals surface area contributed by atoms with E-state index in [4.69, 9.17) is 4.98 Å². The number of nitrogens with zero attached hydrogens (tertiary/aromatic N) is 4. The number of benzene rings is 1. The number of anilines is 2. The molecule has 29 heavy (non-hydrogen) atoms. The van der Waals surface area contributed by atoms with Gasteiger partial charge in [-0.3, -0.25) is 9.50 Å². The van der Waals surface area contributed by atoms with Crippen molar-refractivity contribution in [2.24, 2.45) is 0 Å². The van der Waals surface area contributed by atoms with Gasteiger partial charge in [0.15, 0.2) is 15.7 Å². The van der Waals surface area contributed by atoms with Crippen molar-refractivity contribution in [3.8, 4) is 11.3 Å². The number of imidazole rings is 1. The van der Waals surface area contributed by atoms with Crippen molar-refractivity contribution in [2.75, 3.05) is 11.1 Å². The van der Waals surface area contributed by atoms with Crippen molar-refractivity contribution in [1.29, 1.82) is 0 Å². The Morgan fingerprint density at radius 2 is 1.97 bits per heavy atom. The van der Waals surface area contributed by atoms with Crippen LogP contribution in [-0.2, 0) is 15.6 Å². The molecule has 3 aromatic heterocycles. The van der Waals surface area contributed by atoms with Gasteiger partial charge in [-0.05, 0) is 25.5 Å². The van der Waals surface area contributed by atoms with Gasteiger partial charge in [-0.1, -0.05) is 25.1 Å². The zero-order valence-corrected chi connectivity index (χ0v) is 17.3. The van der Waals surface area contributed by atoms with Gasteiger partial charge in [0.1, 0.15) is 5.65 Å². The van der Waals surface area contributed by atoms with E-state index >= 15 is 0 Å². The van der Waals surface area contributed by atoms with E-state index in [0.29, 0.717) is 17.5 Å². The van der Waals surface area contributed by atoms with Gasteiger partial charge >= 0.3 is 0 Å². The lowest BCUT2D eigenvalue weighted by Gasteiger charge is -2.10. The first kappa shape index (κ1) is 19.1. The van der Waals surface area contributed by atoms with Crippen LogP contribution < -0.4 is 5.32 Å². The van der Waals surface area contributed by atoms with Crippen molar-refractivity contribution >= 4 is 27.3 Å². The lowest BCUT2D eigenvalue weighted by Crippen LogP contribution is -2.06.